The van der Waals surface area contributed by atoms with E-state index in [1.807, 2.05) is 0 Å². The largest absolute Gasteiger partial charge is 0.455 e. The number of hydrogen-bond donors (Lipinski definition) is 0. The van der Waals surface area contributed by atoms with Gasteiger partial charge in [0.1, 0.15) is 0 Å². The first kappa shape index (κ1) is 12.0. The quantitative estimate of drug-likeness (QED) is 0.252. The van der Waals surface area contributed by atoms with Gasteiger partial charge < -0.3 is 4.74 Å². The van der Waals surface area contributed by atoms with Crippen LogP contribution in [-0.2, 0) is 9.53 Å². The average molecular weight is 204 g/mol. The first-order chi connectivity index (χ1) is 6.47. The normalized spacial score (nSPS) is 11.4. The highest BCUT2D eigenvalue weighted by molar-refractivity contribution is 5.81. The zero-order chi connectivity index (χ0) is 11.1. The van der Waals surface area contributed by atoms with Crippen LogP contribution < -0.4 is 0 Å². The zero-order valence-corrected chi connectivity index (χ0v) is 7.12. The van der Waals surface area contributed by atoms with E-state index in [2.05, 4.69) is 11.3 Å². The predicted octanol–water partition coefficient (Wildman–Crippen LogP) is -0.362. The molecule has 0 saturated heterocycles. The fourth-order valence-corrected chi connectivity index (χ4v) is 0.590. The minimum absolute atomic E-state index is 0.626. The molecule has 1 unspecified atom stereocenters. The highest BCUT2D eigenvalue weighted by Gasteiger charge is 2.27. The van der Waals surface area contributed by atoms with Crippen molar-refractivity contribution in [2.45, 2.75) is 6.04 Å². The van der Waals surface area contributed by atoms with Gasteiger partial charge >= 0.3 is 12.0 Å². The lowest BCUT2D eigenvalue weighted by atomic mass is 10.3. The average Bonchev–Trinajstić information content (AvgIpc) is 2.10. The van der Waals surface area contributed by atoms with E-state index < -0.39 is 35.0 Å². The van der Waals surface area contributed by atoms with Crippen LogP contribution in [0.5, 0.6) is 0 Å². The fraction of sp³-hybridized carbons (Fsp3) is 0.500. The van der Waals surface area contributed by atoms with Crippen molar-refractivity contribution in [3.8, 4) is 0 Å². The van der Waals surface area contributed by atoms with Crippen molar-refractivity contribution in [2.24, 2.45) is 0 Å². The Morgan fingerprint density at radius 3 is 2.43 bits per heavy atom. The summed E-state index contributed by atoms with van der Waals surface area (Å²) in [5, 5.41) is 20.2. The summed E-state index contributed by atoms with van der Waals surface area (Å²) in [5.41, 5.74) is 0. The summed E-state index contributed by atoms with van der Waals surface area (Å²) in [6.07, 6.45) is 0.823. The number of carbonyl (C=O) groups excluding carboxylic acids is 1. The second kappa shape index (κ2) is 5.62. The van der Waals surface area contributed by atoms with Gasteiger partial charge in [-0.15, -0.1) is 0 Å². The van der Waals surface area contributed by atoms with Crippen LogP contribution in [0.1, 0.15) is 0 Å². The van der Waals surface area contributed by atoms with Crippen LogP contribution >= 0.6 is 0 Å². The number of nitro groups is 2. The Labute approximate surface area is 78.5 Å². The van der Waals surface area contributed by atoms with E-state index in [0.29, 0.717) is 0 Å². The van der Waals surface area contributed by atoms with Crippen LogP contribution in [0.25, 0.3) is 0 Å². The fourth-order valence-electron chi connectivity index (χ4n) is 0.590. The minimum atomic E-state index is -1.52. The maximum absolute atomic E-state index is 10.5. The minimum Gasteiger partial charge on any atom is -0.455 e. The Kier molecular flexibility index (Phi) is 4.82. The van der Waals surface area contributed by atoms with Crippen LogP contribution in [0.2, 0.25) is 0 Å². The van der Waals surface area contributed by atoms with Gasteiger partial charge in [0.15, 0.2) is 6.61 Å². The monoisotopic (exact) mass is 204 g/mol. The molecular weight excluding hydrogens is 196 g/mol. The van der Waals surface area contributed by atoms with Crippen molar-refractivity contribution in [1.82, 2.24) is 0 Å². The molecule has 8 nitrogen and oxygen atoms in total. The van der Waals surface area contributed by atoms with Crippen molar-refractivity contribution >= 4 is 5.97 Å². The van der Waals surface area contributed by atoms with Crippen molar-refractivity contribution in [3.05, 3.63) is 32.9 Å². The van der Waals surface area contributed by atoms with E-state index in [1.165, 1.54) is 0 Å². The Bertz CT molecular complexity index is 263. The van der Waals surface area contributed by atoms with Gasteiger partial charge in [-0.05, 0) is 0 Å². The predicted molar refractivity (Wildman–Crippen MR) is 43.8 cm³/mol. The van der Waals surface area contributed by atoms with Gasteiger partial charge in [-0.1, -0.05) is 6.58 Å². The van der Waals surface area contributed by atoms with Crippen molar-refractivity contribution in [1.29, 1.82) is 0 Å². The van der Waals surface area contributed by atoms with E-state index in [-0.39, 0.29) is 0 Å². The molecule has 0 N–H and O–H groups in total. The third-order valence-electron chi connectivity index (χ3n) is 1.24. The third kappa shape index (κ3) is 4.80. The van der Waals surface area contributed by atoms with Crippen molar-refractivity contribution < 1.29 is 19.4 Å². The number of nitrogens with zero attached hydrogens (tertiary/aromatic N) is 2. The third-order valence-corrected chi connectivity index (χ3v) is 1.24. The molecule has 0 aromatic carbocycles. The van der Waals surface area contributed by atoms with E-state index in [0.717, 1.165) is 6.08 Å². The number of hydrogen-bond acceptors (Lipinski definition) is 6. The second-order valence-electron chi connectivity index (χ2n) is 2.29. The second-order valence-corrected chi connectivity index (χ2v) is 2.29. The number of esters is 1. The van der Waals surface area contributed by atoms with Crippen LogP contribution in [0.3, 0.4) is 0 Å². The summed E-state index contributed by atoms with van der Waals surface area (Å²) < 4.78 is 4.31. The van der Waals surface area contributed by atoms with E-state index in [1.54, 1.807) is 0 Å². The molecule has 0 amide bonds. The Hall–Kier alpha value is -1.99. The van der Waals surface area contributed by atoms with Gasteiger partial charge in [-0.3, -0.25) is 20.2 Å². The molecule has 0 aliphatic carbocycles. The molecule has 8 heteroatoms. The van der Waals surface area contributed by atoms with Crippen LogP contribution in [-0.4, -0.2) is 35.0 Å². The molecule has 14 heavy (non-hydrogen) atoms. The lowest BCUT2D eigenvalue weighted by Gasteiger charge is -2.04. The summed E-state index contributed by atoms with van der Waals surface area (Å²) in [4.78, 5) is 29.0. The Balaban J connectivity index is 4.10. The molecule has 78 valence electrons. The van der Waals surface area contributed by atoms with Gasteiger partial charge in [0.25, 0.3) is 6.54 Å². The molecule has 0 saturated carbocycles. The van der Waals surface area contributed by atoms with E-state index >= 15 is 0 Å². The summed E-state index contributed by atoms with van der Waals surface area (Å²) in [6.45, 7) is 1.56. The van der Waals surface area contributed by atoms with Crippen molar-refractivity contribution in [3.63, 3.8) is 0 Å². The Morgan fingerprint density at radius 2 is 2.07 bits per heavy atom. The summed E-state index contributed by atoms with van der Waals surface area (Å²) in [6, 6.07) is -1.52. The highest BCUT2D eigenvalue weighted by Crippen LogP contribution is 1.93. The van der Waals surface area contributed by atoms with Gasteiger partial charge in [0.2, 0.25) is 0 Å². The summed E-state index contributed by atoms with van der Waals surface area (Å²) in [5.74, 6) is -0.847. The molecule has 0 spiro atoms. The smallest absolute Gasteiger partial charge is 0.330 e. The van der Waals surface area contributed by atoms with Crippen molar-refractivity contribution in [2.75, 3.05) is 13.2 Å². The molecule has 0 aliphatic heterocycles. The van der Waals surface area contributed by atoms with E-state index in [9.17, 15) is 25.0 Å². The summed E-state index contributed by atoms with van der Waals surface area (Å²) >= 11 is 0. The first-order valence-electron chi connectivity index (χ1n) is 3.52. The zero-order valence-electron chi connectivity index (χ0n) is 7.12. The number of rotatable bonds is 6. The molecule has 0 heterocycles. The molecule has 0 bridgehead atoms. The molecule has 0 aromatic rings. The molecule has 0 aliphatic rings. The molecule has 0 rings (SSSR count). The topological polar surface area (TPSA) is 113 Å². The van der Waals surface area contributed by atoms with Crippen LogP contribution in [0.15, 0.2) is 12.7 Å². The standard InChI is InChI=1S/C6H8N2O6/c1-2-6(9)14-4-5(8(12)13)3-7(10)11/h2,5H,1,3-4H2. The number of ether oxygens (including phenoxy) is 1. The lowest BCUT2D eigenvalue weighted by Crippen LogP contribution is -2.33. The van der Waals surface area contributed by atoms with Gasteiger partial charge in [-0.2, -0.15) is 0 Å². The highest BCUT2D eigenvalue weighted by atomic mass is 16.6. The molecule has 0 radical (unpaired) electrons. The first-order valence-corrected chi connectivity index (χ1v) is 3.52. The molecule has 0 aromatic heterocycles. The molecule has 0 fully saturated rings. The van der Waals surface area contributed by atoms with Gasteiger partial charge in [-0.25, -0.2) is 4.79 Å². The molecule has 1 atom stereocenters. The summed E-state index contributed by atoms with van der Waals surface area (Å²) in [7, 11) is 0. The lowest BCUT2D eigenvalue weighted by molar-refractivity contribution is -0.589. The number of carbonyl (C=O) groups is 1. The van der Waals surface area contributed by atoms with E-state index in [4.69, 9.17) is 0 Å². The Morgan fingerprint density at radius 1 is 1.50 bits per heavy atom. The van der Waals surface area contributed by atoms with Crippen LogP contribution in [0.4, 0.5) is 0 Å². The SMILES string of the molecule is C=CC(=O)OCC(C[N+](=O)[O-])[N+](=O)[O-]. The maximum Gasteiger partial charge on any atom is 0.330 e. The maximum atomic E-state index is 10.5. The van der Waals surface area contributed by atoms with Gasteiger partial charge in [0, 0.05) is 15.9 Å². The van der Waals surface area contributed by atoms with Crippen LogP contribution in [0, 0.1) is 20.2 Å². The molecular formula is C6H8N2O6. The van der Waals surface area contributed by atoms with Gasteiger partial charge in [0.05, 0.1) is 0 Å².